The minimum atomic E-state index is 0.402. The van der Waals surface area contributed by atoms with Crippen molar-refractivity contribution in [3.05, 3.63) is 46.5 Å². The fourth-order valence-corrected chi connectivity index (χ4v) is 4.53. The number of ether oxygens (including phenoxy) is 4. The Bertz CT molecular complexity index is 1170. The van der Waals surface area contributed by atoms with Gasteiger partial charge in [-0.2, -0.15) is 0 Å². The lowest BCUT2D eigenvalue weighted by Gasteiger charge is -2.17. The molecule has 2 aromatic carbocycles. The molecular weight excluding hydrogens is 528 g/mol. The molecule has 0 saturated carbocycles. The Balaban J connectivity index is 2.41. The third-order valence-electron chi connectivity index (χ3n) is 7.41. The van der Waals surface area contributed by atoms with Gasteiger partial charge in [-0.3, -0.25) is 9.59 Å². The van der Waals surface area contributed by atoms with Gasteiger partial charge in [0.05, 0.1) is 49.7 Å². The topological polar surface area (TPSA) is 71.1 Å². The second-order valence-electron chi connectivity index (χ2n) is 10.4. The number of methoxy groups -OCH3 is 2. The Labute approximate surface area is 252 Å². The van der Waals surface area contributed by atoms with Crippen molar-refractivity contribution >= 4 is 12.6 Å². The van der Waals surface area contributed by atoms with Gasteiger partial charge in [0, 0.05) is 12.1 Å². The normalized spacial score (nSPS) is 11.7. The predicted molar refractivity (Wildman–Crippen MR) is 168 cm³/mol. The maximum atomic E-state index is 11.7. The van der Waals surface area contributed by atoms with Gasteiger partial charge >= 0.3 is 0 Å². The van der Waals surface area contributed by atoms with E-state index in [4.69, 9.17) is 18.9 Å². The zero-order valence-electron chi connectivity index (χ0n) is 26.1. The predicted octanol–water partition coefficient (Wildman–Crippen LogP) is 7.92. The van der Waals surface area contributed by atoms with Crippen molar-refractivity contribution in [3.63, 3.8) is 0 Å². The first-order valence-corrected chi connectivity index (χ1v) is 15.1. The van der Waals surface area contributed by atoms with E-state index in [1.807, 2.05) is 0 Å². The molecule has 0 saturated heterocycles. The molecule has 0 heterocycles. The van der Waals surface area contributed by atoms with Gasteiger partial charge in [0.25, 0.3) is 0 Å². The monoisotopic (exact) mass is 574 g/mol. The van der Waals surface area contributed by atoms with Crippen LogP contribution in [0.2, 0.25) is 0 Å². The largest absolute Gasteiger partial charge is 0.496 e. The summed E-state index contributed by atoms with van der Waals surface area (Å²) in [5, 5.41) is 0. The molecule has 2 unspecified atom stereocenters. The van der Waals surface area contributed by atoms with Crippen molar-refractivity contribution in [1.82, 2.24) is 0 Å². The summed E-state index contributed by atoms with van der Waals surface area (Å²) >= 11 is 0. The highest BCUT2D eigenvalue weighted by Crippen LogP contribution is 2.30. The van der Waals surface area contributed by atoms with Crippen LogP contribution in [0, 0.1) is 35.5 Å². The number of hydrogen-bond donors (Lipinski definition) is 0. The first-order chi connectivity index (χ1) is 20.5. The molecule has 226 valence electrons. The quantitative estimate of drug-likeness (QED) is 0.133. The second-order valence-corrected chi connectivity index (χ2v) is 10.4. The van der Waals surface area contributed by atoms with E-state index in [0.717, 1.165) is 63.9 Å². The number of aldehydes is 2. The summed E-state index contributed by atoms with van der Waals surface area (Å²) in [5.74, 6) is 14.7. The summed E-state index contributed by atoms with van der Waals surface area (Å²) in [6.45, 7) is 9.77. The molecule has 6 heteroatoms. The highest BCUT2D eigenvalue weighted by molar-refractivity contribution is 5.82. The first kappa shape index (κ1) is 34.3. The van der Waals surface area contributed by atoms with Crippen molar-refractivity contribution < 1.29 is 28.5 Å². The summed E-state index contributed by atoms with van der Waals surface area (Å²) in [6, 6.07) is 6.76. The van der Waals surface area contributed by atoms with Crippen LogP contribution in [-0.2, 0) is 0 Å². The summed E-state index contributed by atoms with van der Waals surface area (Å²) in [7, 11) is 3.03. The van der Waals surface area contributed by atoms with Gasteiger partial charge in [0.1, 0.15) is 23.0 Å². The molecule has 0 radical (unpaired) electrons. The van der Waals surface area contributed by atoms with Crippen molar-refractivity contribution in [2.75, 3.05) is 27.4 Å². The number of benzene rings is 2. The van der Waals surface area contributed by atoms with Crippen LogP contribution < -0.4 is 18.9 Å². The molecule has 0 aliphatic heterocycles. The molecular formula is C36H46O6. The Kier molecular flexibility index (Phi) is 15.7. The molecule has 0 aliphatic carbocycles. The van der Waals surface area contributed by atoms with Crippen LogP contribution in [0.4, 0.5) is 0 Å². The van der Waals surface area contributed by atoms with Gasteiger partial charge in [-0.05, 0) is 60.5 Å². The zero-order chi connectivity index (χ0) is 30.7. The van der Waals surface area contributed by atoms with Crippen LogP contribution in [0.15, 0.2) is 24.3 Å². The Morgan fingerprint density at radius 2 is 1.05 bits per heavy atom. The van der Waals surface area contributed by atoms with Gasteiger partial charge in [-0.15, -0.1) is 0 Å². The number of hydrogen-bond acceptors (Lipinski definition) is 6. The highest BCUT2D eigenvalue weighted by atomic mass is 16.5. The molecule has 2 atom stereocenters. The van der Waals surface area contributed by atoms with Crippen molar-refractivity contribution in [2.24, 2.45) is 11.8 Å². The van der Waals surface area contributed by atoms with Gasteiger partial charge in [-0.25, -0.2) is 0 Å². The summed E-state index contributed by atoms with van der Waals surface area (Å²) in [4.78, 5) is 23.3. The lowest BCUT2D eigenvalue weighted by Crippen LogP contribution is -2.12. The molecule has 6 nitrogen and oxygen atoms in total. The summed E-state index contributed by atoms with van der Waals surface area (Å²) in [5.41, 5.74) is 1.98. The second kappa shape index (κ2) is 19.3. The van der Waals surface area contributed by atoms with Crippen LogP contribution in [0.5, 0.6) is 23.0 Å². The average molecular weight is 575 g/mol. The van der Waals surface area contributed by atoms with E-state index in [2.05, 4.69) is 51.4 Å². The first-order valence-electron chi connectivity index (χ1n) is 15.1. The Hall–Kier alpha value is -3.90. The molecule has 0 N–H and O–H groups in total. The highest BCUT2D eigenvalue weighted by Gasteiger charge is 2.15. The van der Waals surface area contributed by atoms with Crippen molar-refractivity contribution in [2.45, 2.75) is 79.1 Å². The summed E-state index contributed by atoms with van der Waals surface area (Å²) < 4.78 is 23.2. The van der Waals surface area contributed by atoms with Crippen LogP contribution in [0.25, 0.3) is 0 Å². The van der Waals surface area contributed by atoms with Crippen LogP contribution >= 0.6 is 0 Å². The molecule has 0 spiro atoms. The molecule has 0 fully saturated rings. The van der Waals surface area contributed by atoms with Crippen molar-refractivity contribution in [3.8, 4) is 46.7 Å². The molecule has 0 bridgehead atoms. The minimum absolute atomic E-state index is 0.402. The third kappa shape index (κ3) is 10.5. The zero-order valence-corrected chi connectivity index (χ0v) is 26.1. The fourth-order valence-electron chi connectivity index (χ4n) is 4.53. The molecule has 0 aliphatic rings. The lowest BCUT2D eigenvalue weighted by molar-refractivity contribution is 0.111. The standard InChI is InChI=1S/C36H46O6/c1-7-11-15-27(9-3)25-41-35-21-31(23-37)33(39-5)19-29(35)17-13-14-18-30-20-34(40-6)32(24-38)22-36(30)42-26-28(10-4)16-12-8-2/h19-24,27-28H,7-12,15-16,25-26H2,1-6H3. The SMILES string of the molecule is CCCCC(CC)COc1cc(C=O)c(OC)cc1C#CC#Cc1cc(OC)c(C=O)cc1OCC(CC)CCCC. The van der Waals surface area contributed by atoms with E-state index >= 15 is 0 Å². The lowest BCUT2D eigenvalue weighted by atomic mass is 10.0. The van der Waals surface area contributed by atoms with E-state index in [1.54, 1.807) is 24.3 Å². The number of carbonyl (C=O) groups is 2. The van der Waals surface area contributed by atoms with E-state index in [1.165, 1.54) is 14.2 Å². The number of unbranched alkanes of at least 4 members (excludes halogenated alkanes) is 2. The van der Waals surface area contributed by atoms with Gasteiger partial charge < -0.3 is 18.9 Å². The van der Waals surface area contributed by atoms with Crippen molar-refractivity contribution in [1.29, 1.82) is 0 Å². The Morgan fingerprint density at radius 1 is 0.643 bits per heavy atom. The number of carbonyl (C=O) groups excluding carboxylic acids is 2. The molecule has 0 aromatic heterocycles. The van der Waals surface area contributed by atoms with Crippen LogP contribution in [0.3, 0.4) is 0 Å². The maximum absolute atomic E-state index is 11.7. The maximum Gasteiger partial charge on any atom is 0.153 e. The number of rotatable bonds is 18. The molecule has 2 aromatic rings. The third-order valence-corrected chi connectivity index (χ3v) is 7.41. The molecule has 42 heavy (non-hydrogen) atoms. The molecule has 0 amide bonds. The van der Waals surface area contributed by atoms with Gasteiger partial charge in [-0.1, -0.05) is 66.2 Å². The van der Waals surface area contributed by atoms with Crippen LogP contribution in [-0.4, -0.2) is 40.0 Å². The Morgan fingerprint density at radius 3 is 1.36 bits per heavy atom. The fraction of sp³-hybridized carbons (Fsp3) is 0.500. The summed E-state index contributed by atoms with van der Waals surface area (Å²) in [6.07, 6.45) is 10.3. The van der Waals surface area contributed by atoms with E-state index in [-0.39, 0.29) is 0 Å². The van der Waals surface area contributed by atoms with Crippen LogP contribution in [0.1, 0.15) is 111 Å². The van der Waals surface area contributed by atoms with E-state index < -0.39 is 0 Å². The smallest absolute Gasteiger partial charge is 0.153 e. The average Bonchev–Trinajstić information content (AvgIpc) is 3.03. The minimum Gasteiger partial charge on any atom is -0.496 e. The van der Waals surface area contributed by atoms with Gasteiger partial charge in [0.15, 0.2) is 12.6 Å². The van der Waals surface area contributed by atoms with Gasteiger partial charge in [0.2, 0.25) is 0 Å². The molecule has 2 rings (SSSR count). The van der Waals surface area contributed by atoms with E-state index in [9.17, 15) is 9.59 Å². The van der Waals surface area contributed by atoms with E-state index in [0.29, 0.717) is 70.3 Å².